The number of hydrogen-bond acceptors (Lipinski definition) is 5. The van der Waals surface area contributed by atoms with Gasteiger partial charge in [-0.15, -0.1) is 0 Å². The van der Waals surface area contributed by atoms with Crippen molar-refractivity contribution in [2.45, 2.75) is 12.6 Å². The maximum Gasteiger partial charge on any atom is 0.322 e. The van der Waals surface area contributed by atoms with Gasteiger partial charge in [0.25, 0.3) is 11.5 Å². The van der Waals surface area contributed by atoms with Gasteiger partial charge in [0, 0.05) is 18.3 Å². The van der Waals surface area contributed by atoms with E-state index in [-0.39, 0.29) is 30.0 Å². The molecule has 1 aromatic carbocycles. The van der Waals surface area contributed by atoms with Crippen LogP contribution in [0.4, 0.5) is 4.79 Å². The van der Waals surface area contributed by atoms with E-state index in [1.807, 2.05) is 11.4 Å². The number of nitrogens with zero attached hydrogens (tertiary/aromatic N) is 1. The lowest BCUT2D eigenvalue weighted by Gasteiger charge is -2.20. The van der Waals surface area contributed by atoms with Crippen molar-refractivity contribution in [1.29, 1.82) is 0 Å². The minimum atomic E-state index is -0.810. The first-order valence-electron chi connectivity index (χ1n) is 8.68. The molecule has 148 valence electrons. The van der Waals surface area contributed by atoms with Crippen LogP contribution in [-0.2, 0) is 11.3 Å². The Bertz CT molecular complexity index is 1070. The second kappa shape index (κ2) is 8.75. The highest BCUT2D eigenvalue weighted by molar-refractivity contribution is 5.98. The summed E-state index contributed by atoms with van der Waals surface area (Å²) in [6, 6.07) is 6.84. The molecule has 4 amide bonds. The van der Waals surface area contributed by atoms with E-state index in [0.717, 1.165) is 5.56 Å². The normalized spacial score (nSPS) is 13.0. The number of rotatable bonds is 5. The van der Waals surface area contributed by atoms with Crippen LogP contribution < -0.4 is 20.9 Å². The average molecular weight is 394 g/mol. The third-order valence-corrected chi connectivity index (χ3v) is 4.29. The number of methoxy groups -OCH3 is 1. The lowest BCUT2D eigenvalue weighted by Crippen LogP contribution is -2.46. The van der Waals surface area contributed by atoms with Crippen LogP contribution in [0.2, 0.25) is 0 Å². The Kier molecular flexibility index (Phi) is 5.94. The smallest absolute Gasteiger partial charge is 0.322 e. The second-order valence-corrected chi connectivity index (χ2v) is 6.18. The first-order chi connectivity index (χ1) is 14.0. The van der Waals surface area contributed by atoms with Crippen LogP contribution in [0, 0.1) is 11.8 Å². The monoisotopic (exact) mass is 394 g/mol. The average Bonchev–Trinajstić information content (AvgIpc) is 3.02. The number of carbonyl (C=O) groups excluding carboxylic acids is 3. The molecule has 9 heteroatoms. The Hall–Kier alpha value is -4.06. The fraction of sp³-hybridized carbons (Fsp3) is 0.200. The number of urea groups is 1. The largest absolute Gasteiger partial charge is 0.497 e. The Balaban J connectivity index is 1.81. The fourth-order valence-electron chi connectivity index (χ4n) is 2.90. The first kappa shape index (κ1) is 19.7. The summed E-state index contributed by atoms with van der Waals surface area (Å²) in [5, 5.41) is 4.49. The van der Waals surface area contributed by atoms with E-state index in [9.17, 15) is 19.2 Å². The zero-order valence-corrected chi connectivity index (χ0v) is 15.5. The molecule has 2 heterocycles. The SMILES string of the molecule is COc1ccc2c(c1)C(=O)N(C[C@@H](C#Cc1ccc[nH]c1=O)NC(=O)NC=O)C2. The molecule has 1 aromatic heterocycles. The molecule has 0 saturated carbocycles. The van der Waals surface area contributed by atoms with Crippen molar-refractivity contribution < 1.29 is 19.1 Å². The van der Waals surface area contributed by atoms with Crippen molar-refractivity contribution in [3.05, 3.63) is 63.6 Å². The van der Waals surface area contributed by atoms with Crippen molar-refractivity contribution >= 4 is 18.3 Å². The van der Waals surface area contributed by atoms with Gasteiger partial charge in [-0.1, -0.05) is 17.9 Å². The van der Waals surface area contributed by atoms with Crippen LogP contribution in [0.15, 0.2) is 41.3 Å². The lowest BCUT2D eigenvalue weighted by atomic mass is 10.1. The number of ether oxygens (including phenoxy) is 1. The van der Waals surface area contributed by atoms with Gasteiger partial charge in [-0.3, -0.25) is 19.7 Å². The van der Waals surface area contributed by atoms with Crippen LogP contribution in [0.1, 0.15) is 21.5 Å². The fourth-order valence-corrected chi connectivity index (χ4v) is 2.90. The van der Waals surface area contributed by atoms with E-state index in [0.29, 0.717) is 17.9 Å². The zero-order chi connectivity index (χ0) is 20.8. The van der Waals surface area contributed by atoms with Crippen LogP contribution in [0.5, 0.6) is 5.75 Å². The van der Waals surface area contributed by atoms with Gasteiger partial charge in [-0.05, 0) is 29.8 Å². The summed E-state index contributed by atoms with van der Waals surface area (Å²) in [7, 11) is 1.52. The van der Waals surface area contributed by atoms with Crippen LogP contribution in [-0.4, -0.2) is 47.9 Å². The van der Waals surface area contributed by atoms with E-state index in [1.54, 1.807) is 18.2 Å². The van der Waals surface area contributed by atoms with Gasteiger partial charge in [-0.2, -0.15) is 0 Å². The van der Waals surface area contributed by atoms with Crippen molar-refractivity contribution in [2.75, 3.05) is 13.7 Å². The third kappa shape index (κ3) is 4.62. The topological polar surface area (TPSA) is 121 Å². The summed E-state index contributed by atoms with van der Waals surface area (Å²) in [6.45, 7) is 0.416. The third-order valence-electron chi connectivity index (χ3n) is 4.29. The molecule has 1 aliphatic heterocycles. The molecule has 2 aromatic rings. The quantitative estimate of drug-likeness (QED) is 0.495. The maximum atomic E-state index is 12.7. The summed E-state index contributed by atoms with van der Waals surface area (Å²) in [6.07, 6.45) is 1.72. The number of amides is 4. The number of hydrogen-bond donors (Lipinski definition) is 3. The van der Waals surface area contributed by atoms with Crippen LogP contribution >= 0.6 is 0 Å². The molecule has 1 atom stereocenters. The number of aromatic amines is 1. The van der Waals surface area contributed by atoms with E-state index in [4.69, 9.17) is 4.74 Å². The molecular formula is C20H18N4O5. The number of benzene rings is 1. The van der Waals surface area contributed by atoms with Gasteiger partial charge in [0.2, 0.25) is 6.41 Å². The summed E-state index contributed by atoms with van der Waals surface area (Å²) < 4.78 is 5.16. The maximum absolute atomic E-state index is 12.7. The Morgan fingerprint density at radius 1 is 1.38 bits per heavy atom. The van der Waals surface area contributed by atoms with Crippen molar-refractivity contribution in [1.82, 2.24) is 20.5 Å². The Labute approximate surface area is 166 Å². The highest BCUT2D eigenvalue weighted by Gasteiger charge is 2.29. The molecule has 3 rings (SSSR count). The minimum absolute atomic E-state index is 0.0693. The number of aromatic nitrogens is 1. The number of nitrogens with one attached hydrogen (secondary N) is 3. The Morgan fingerprint density at radius 3 is 2.93 bits per heavy atom. The van der Waals surface area contributed by atoms with Crippen LogP contribution in [0.3, 0.4) is 0 Å². The van der Waals surface area contributed by atoms with Gasteiger partial charge in [-0.25, -0.2) is 4.79 Å². The van der Waals surface area contributed by atoms with Crippen LogP contribution in [0.25, 0.3) is 0 Å². The van der Waals surface area contributed by atoms with Gasteiger partial charge in [0.15, 0.2) is 0 Å². The van der Waals surface area contributed by atoms with Crippen molar-refractivity contribution in [2.24, 2.45) is 0 Å². The second-order valence-electron chi connectivity index (χ2n) is 6.18. The number of imide groups is 1. The lowest BCUT2D eigenvalue weighted by molar-refractivity contribution is -0.108. The minimum Gasteiger partial charge on any atom is -0.497 e. The molecule has 0 unspecified atom stereocenters. The van der Waals surface area contributed by atoms with Gasteiger partial charge in [0.1, 0.15) is 11.8 Å². The first-order valence-corrected chi connectivity index (χ1v) is 8.68. The predicted molar refractivity (Wildman–Crippen MR) is 103 cm³/mol. The predicted octanol–water partition coefficient (Wildman–Crippen LogP) is 0.215. The van der Waals surface area contributed by atoms with Gasteiger partial charge in [0.05, 0.1) is 19.2 Å². The Morgan fingerprint density at radius 2 is 2.21 bits per heavy atom. The molecule has 29 heavy (non-hydrogen) atoms. The number of carbonyl (C=O) groups is 3. The molecule has 0 spiro atoms. The highest BCUT2D eigenvalue weighted by Crippen LogP contribution is 2.26. The molecule has 9 nitrogen and oxygen atoms in total. The van der Waals surface area contributed by atoms with E-state index >= 15 is 0 Å². The summed E-state index contributed by atoms with van der Waals surface area (Å²) in [4.78, 5) is 50.8. The summed E-state index contributed by atoms with van der Waals surface area (Å²) in [5.74, 6) is 5.84. The molecule has 0 bridgehead atoms. The van der Waals surface area contributed by atoms with Crippen molar-refractivity contribution in [3.8, 4) is 17.6 Å². The van der Waals surface area contributed by atoms with E-state index in [1.165, 1.54) is 24.3 Å². The van der Waals surface area contributed by atoms with Crippen molar-refractivity contribution in [3.63, 3.8) is 0 Å². The molecule has 0 aliphatic carbocycles. The number of H-pyrrole nitrogens is 1. The standard InChI is InChI=1S/C20H18N4O5/c1-29-16-7-5-14-10-24(19(27)17(14)9-16)11-15(23-20(28)22-12-25)6-4-13-3-2-8-21-18(13)26/h2-3,5,7-9,12,15H,10-11H2,1H3,(H,21,26)(H2,22,23,25,28)/t15-/m1/s1. The van der Waals surface area contributed by atoms with E-state index < -0.39 is 12.1 Å². The molecule has 1 aliphatic rings. The summed E-state index contributed by atoms with van der Waals surface area (Å²) in [5.41, 5.74) is 1.20. The number of fused-ring (bicyclic) bond motifs is 1. The highest BCUT2D eigenvalue weighted by atomic mass is 16.5. The molecule has 0 fully saturated rings. The van der Waals surface area contributed by atoms with Gasteiger partial charge < -0.3 is 19.9 Å². The van der Waals surface area contributed by atoms with E-state index in [2.05, 4.69) is 22.1 Å². The van der Waals surface area contributed by atoms with Gasteiger partial charge >= 0.3 is 6.03 Å². The zero-order valence-electron chi connectivity index (χ0n) is 15.5. The molecule has 0 saturated heterocycles. The molecular weight excluding hydrogens is 376 g/mol. The summed E-state index contributed by atoms with van der Waals surface area (Å²) >= 11 is 0. The molecule has 3 N–H and O–H groups in total. The molecule has 0 radical (unpaired) electrons. The number of pyridine rings is 1.